The van der Waals surface area contributed by atoms with Crippen LogP contribution >= 0.6 is 0 Å². The summed E-state index contributed by atoms with van der Waals surface area (Å²) in [6, 6.07) is 51.4. The Bertz CT molecular complexity index is 2560. The summed E-state index contributed by atoms with van der Waals surface area (Å²) in [7, 11) is 0. The minimum atomic E-state index is -0.791. The van der Waals surface area contributed by atoms with Gasteiger partial charge in [-0.2, -0.15) is 0 Å². The second-order valence-electron chi connectivity index (χ2n) is 16.9. The number of carbonyl (C=O) groups is 4. The van der Waals surface area contributed by atoms with Crippen molar-refractivity contribution >= 4 is 40.7 Å². The lowest BCUT2D eigenvalue weighted by Crippen LogP contribution is -2.55. The number of amides is 3. The molecule has 350 valence electrons. The normalized spacial score (nSPS) is 15.2. The average Bonchev–Trinajstić information content (AvgIpc) is 3.53. The number of esters is 1. The van der Waals surface area contributed by atoms with E-state index in [1.54, 1.807) is 0 Å². The molecular weight excluding hydrogens is 855 g/mol. The molecule has 0 radical (unpaired) electrons. The van der Waals surface area contributed by atoms with E-state index in [1.807, 2.05) is 114 Å². The van der Waals surface area contributed by atoms with Crippen LogP contribution in [0.15, 0.2) is 176 Å². The zero-order chi connectivity index (χ0) is 47.5. The van der Waals surface area contributed by atoms with Crippen LogP contribution in [0.25, 0.3) is 10.8 Å². The van der Waals surface area contributed by atoms with Gasteiger partial charge in [0.1, 0.15) is 32.1 Å². The average molecular weight is 914 g/mol. The minimum Gasteiger partial charge on any atom is -0.460 e. The Labute approximate surface area is 398 Å². The van der Waals surface area contributed by atoms with E-state index in [1.165, 1.54) is 6.08 Å². The highest BCUT2D eigenvalue weighted by Crippen LogP contribution is 2.28. The third-order valence-corrected chi connectivity index (χ3v) is 12.1. The molecule has 6 aromatic rings. The molecule has 0 aromatic heterocycles. The Morgan fingerprint density at radius 2 is 1.34 bits per heavy atom. The van der Waals surface area contributed by atoms with Crippen LogP contribution in [-0.4, -0.2) is 84.1 Å². The Balaban J connectivity index is 1.15. The molecule has 1 aliphatic heterocycles. The molecule has 1 aliphatic rings. The van der Waals surface area contributed by atoms with E-state index in [4.69, 9.17) is 19.6 Å². The van der Waals surface area contributed by atoms with Crippen molar-refractivity contribution in [3.63, 3.8) is 0 Å². The Morgan fingerprint density at radius 1 is 0.750 bits per heavy atom. The van der Waals surface area contributed by atoms with Gasteiger partial charge in [-0.05, 0) is 64.3 Å². The highest BCUT2D eigenvalue weighted by molar-refractivity contribution is 6.02. The molecule has 6 aromatic carbocycles. The lowest BCUT2D eigenvalue weighted by Gasteiger charge is -2.30. The maximum Gasteiger partial charge on any atom is 0.415 e. The Hall–Kier alpha value is -7.57. The number of benzene rings is 6. The van der Waals surface area contributed by atoms with Crippen molar-refractivity contribution in [3.8, 4) is 0 Å². The third kappa shape index (κ3) is 14.0. The van der Waals surface area contributed by atoms with E-state index in [9.17, 15) is 14.4 Å². The molecule has 7 rings (SSSR count). The van der Waals surface area contributed by atoms with Crippen molar-refractivity contribution in [1.29, 1.82) is 5.41 Å². The lowest BCUT2D eigenvalue weighted by atomic mass is 9.90. The fourth-order valence-corrected chi connectivity index (χ4v) is 8.59. The van der Waals surface area contributed by atoms with Crippen LogP contribution in [0, 0.1) is 5.41 Å². The molecule has 68 heavy (non-hydrogen) atoms. The van der Waals surface area contributed by atoms with Crippen LogP contribution < -0.4 is 10.6 Å². The molecule has 3 atom stereocenters. The SMILES string of the molecule is C=CCOC(=O)N[C@@H](Cc1ccc2ccccc2c1)C1CCN(CC(c2ccccc2)c2ccccc2)C(=O)[C@H](CCCN(C(=N)CC(=O)OCc2ccccc2)C(=O)OCc2ccccc2)N1. The van der Waals surface area contributed by atoms with E-state index < -0.39 is 42.7 Å². The summed E-state index contributed by atoms with van der Waals surface area (Å²) in [5.41, 5.74) is 4.70. The van der Waals surface area contributed by atoms with Gasteiger partial charge in [-0.25, -0.2) is 9.59 Å². The molecule has 0 aliphatic carbocycles. The fourth-order valence-electron chi connectivity index (χ4n) is 8.59. The molecule has 0 saturated carbocycles. The number of ether oxygens (including phenoxy) is 3. The number of alkyl carbamates (subject to hydrolysis) is 1. The molecular formula is C56H59N5O7. The van der Waals surface area contributed by atoms with E-state index in [-0.39, 0.29) is 56.9 Å². The van der Waals surface area contributed by atoms with Crippen LogP contribution in [0.1, 0.15) is 59.4 Å². The number of hydrogen-bond acceptors (Lipinski definition) is 9. The zero-order valence-corrected chi connectivity index (χ0v) is 38.2. The van der Waals surface area contributed by atoms with Crippen molar-refractivity contribution in [1.82, 2.24) is 20.4 Å². The largest absolute Gasteiger partial charge is 0.460 e. The summed E-state index contributed by atoms with van der Waals surface area (Å²) in [5.74, 6) is -1.20. The van der Waals surface area contributed by atoms with Crippen molar-refractivity contribution in [3.05, 3.63) is 204 Å². The summed E-state index contributed by atoms with van der Waals surface area (Å²) in [5, 5.41) is 17.9. The number of rotatable bonds is 20. The van der Waals surface area contributed by atoms with Gasteiger partial charge in [0, 0.05) is 31.6 Å². The fraction of sp³-hybridized carbons (Fsp3) is 0.268. The van der Waals surface area contributed by atoms with Crippen LogP contribution in [0.3, 0.4) is 0 Å². The number of amidine groups is 1. The second kappa shape index (κ2) is 24.8. The van der Waals surface area contributed by atoms with Gasteiger partial charge in [-0.15, -0.1) is 0 Å². The first-order chi connectivity index (χ1) is 33.2. The Morgan fingerprint density at radius 3 is 1.97 bits per heavy atom. The van der Waals surface area contributed by atoms with Crippen LogP contribution in [0.4, 0.5) is 9.59 Å². The zero-order valence-electron chi connectivity index (χ0n) is 38.2. The summed E-state index contributed by atoms with van der Waals surface area (Å²) in [6.45, 7) is 4.50. The smallest absolute Gasteiger partial charge is 0.415 e. The molecule has 12 nitrogen and oxygen atoms in total. The van der Waals surface area contributed by atoms with Crippen LogP contribution in [-0.2, 0) is 43.4 Å². The number of carbonyl (C=O) groups excluding carboxylic acids is 4. The van der Waals surface area contributed by atoms with Gasteiger partial charge in [-0.1, -0.05) is 176 Å². The monoisotopic (exact) mass is 913 g/mol. The minimum absolute atomic E-state index is 0.0160. The predicted octanol–water partition coefficient (Wildman–Crippen LogP) is 9.58. The van der Waals surface area contributed by atoms with Gasteiger partial charge in [0.05, 0.1) is 12.1 Å². The molecule has 0 bridgehead atoms. The molecule has 3 amide bonds. The van der Waals surface area contributed by atoms with Crippen molar-refractivity contribution in [2.24, 2.45) is 0 Å². The first kappa shape index (κ1) is 48.4. The summed E-state index contributed by atoms with van der Waals surface area (Å²) in [6.07, 6.45) is 1.13. The van der Waals surface area contributed by atoms with Crippen LogP contribution in [0.5, 0.6) is 0 Å². The number of fused-ring (bicyclic) bond motifs is 1. The summed E-state index contributed by atoms with van der Waals surface area (Å²) >= 11 is 0. The van der Waals surface area contributed by atoms with Gasteiger partial charge in [0.25, 0.3) is 0 Å². The van der Waals surface area contributed by atoms with Gasteiger partial charge >= 0.3 is 18.2 Å². The van der Waals surface area contributed by atoms with Crippen molar-refractivity contribution < 1.29 is 33.4 Å². The topological polar surface area (TPSA) is 150 Å². The van der Waals surface area contributed by atoms with E-state index >= 15 is 4.79 Å². The third-order valence-electron chi connectivity index (χ3n) is 12.1. The molecule has 12 heteroatoms. The second-order valence-corrected chi connectivity index (χ2v) is 16.9. The Kier molecular flexibility index (Phi) is 17.6. The highest BCUT2D eigenvalue weighted by Gasteiger charge is 2.36. The van der Waals surface area contributed by atoms with Gasteiger partial charge < -0.3 is 29.7 Å². The first-order valence-electron chi connectivity index (χ1n) is 23.2. The molecule has 1 heterocycles. The molecule has 1 saturated heterocycles. The first-order valence-corrected chi connectivity index (χ1v) is 23.2. The predicted molar refractivity (Wildman–Crippen MR) is 264 cm³/mol. The van der Waals surface area contributed by atoms with Gasteiger partial charge in [-0.3, -0.25) is 19.9 Å². The lowest BCUT2D eigenvalue weighted by molar-refractivity contribution is -0.143. The van der Waals surface area contributed by atoms with Crippen molar-refractivity contribution in [2.45, 2.75) is 69.4 Å². The van der Waals surface area contributed by atoms with Gasteiger partial charge in [0.2, 0.25) is 5.91 Å². The number of nitrogens with zero attached hydrogens (tertiary/aromatic N) is 2. The highest BCUT2D eigenvalue weighted by atomic mass is 16.6. The summed E-state index contributed by atoms with van der Waals surface area (Å²) in [4.78, 5) is 58.3. The van der Waals surface area contributed by atoms with Crippen molar-refractivity contribution in [2.75, 3.05) is 26.2 Å². The summed E-state index contributed by atoms with van der Waals surface area (Å²) < 4.78 is 16.6. The van der Waals surface area contributed by atoms with E-state index in [0.717, 1.165) is 43.5 Å². The molecule has 3 N–H and O–H groups in total. The molecule has 1 fully saturated rings. The van der Waals surface area contributed by atoms with E-state index in [0.29, 0.717) is 25.9 Å². The number of nitrogens with one attached hydrogen (secondary N) is 3. The maximum atomic E-state index is 15.0. The quantitative estimate of drug-likeness (QED) is 0.0225. The standard InChI is InChI=1S/C56H59N5O7/c1-2-34-66-55(64)59-51(36-43-29-30-44-22-15-16-27-47(44)35-43)49-31-33-60(38-48(45-23-11-5-12-24-45)46-25-13-6-14-26-46)54(63)50(58-49)28-17-32-61(56(65)68-40-42-20-9-4-10-21-42)52(57)37-53(62)67-39-41-18-7-3-8-19-41/h2-16,18-27,29-30,35,48-51,57-58H,1,17,28,31-34,36-40H2,(H,59,64)/t49?,50-,51-/m0/s1. The molecule has 0 spiro atoms. The number of hydrogen-bond donors (Lipinski definition) is 3. The van der Waals surface area contributed by atoms with E-state index in [2.05, 4.69) is 71.8 Å². The maximum absolute atomic E-state index is 15.0. The van der Waals surface area contributed by atoms with Gasteiger partial charge in [0.15, 0.2) is 0 Å². The molecule has 1 unspecified atom stereocenters. The van der Waals surface area contributed by atoms with Crippen LogP contribution in [0.2, 0.25) is 0 Å².